The Morgan fingerprint density at radius 1 is 1.35 bits per heavy atom. The van der Waals surface area contributed by atoms with Gasteiger partial charge in [-0.3, -0.25) is 5.32 Å². The maximum absolute atomic E-state index is 13.5. The summed E-state index contributed by atoms with van der Waals surface area (Å²) in [4.78, 5) is 14.3. The third-order valence-electron chi connectivity index (χ3n) is 1.84. The van der Waals surface area contributed by atoms with E-state index < -0.39 is 40.2 Å². The highest BCUT2D eigenvalue weighted by Gasteiger charge is 2.34. The summed E-state index contributed by atoms with van der Waals surface area (Å²) < 4.78 is 55.8. The van der Waals surface area contributed by atoms with Crippen LogP contribution in [0.25, 0.3) is 0 Å². The lowest BCUT2D eigenvalue weighted by atomic mass is 10.2. The number of amides is 1. The van der Waals surface area contributed by atoms with Gasteiger partial charge in [-0.25, -0.2) is 14.2 Å². The Morgan fingerprint density at radius 2 is 1.90 bits per heavy atom. The highest BCUT2D eigenvalue weighted by molar-refractivity contribution is 6.29. The van der Waals surface area contributed by atoms with Gasteiger partial charge in [-0.05, 0) is 26.8 Å². The molecule has 0 saturated heterocycles. The third kappa shape index (κ3) is 4.52. The van der Waals surface area contributed by atoms with Crippen molar-refractivity contribution < 1.29 is 27.1 Å². The summed E-state index contributed by atoms with van der Waals surface area (Å²) in [6, 6.07) is 0.338. The van der Waals surface area contributed by atoms with Crippen molar-refractivity contribution in [3.63, 3.8) is 0 Å². The van der Waals surface area contributed by atoms with Crippen LogP contribution in [-0.4, -0.2) is 16.7 Å². The number of hydrogen-bond donors (Lipinski definition) is 1. The summed E-state index contributed by atoms with van der Waals surface area (Å²) in [5.41, 5.74) is -3.06. The Hall–Kier alpha value is -1.57. The number of aromatic nitrogens is 1. The van der Waals surface area contributed by atoms with E-state index in [0.717, 1.165) is 0 Å². The summed E-state index contributed by atoms with van der Waals surface area (Å²) in [5, 5.41) is 0.865. The van der Waals surface area contributed by atoms with Gasteiger partial charge in [0, 0.05) is 0 Å². The molecule has 1 aromatic rings. The number of nitrogens with one attached hydrogen (secondary N) is 1. The van der Waals surface area contributed by atoms with Gasteiger partial charge in [-0.15, -0.1) is 0 Å². The maximum Gasteiger partial charge on any atom is 0.433 e. The van der Waals surface area contributed by atoms with E-state index >= 15 is 0 Å². The molecule has 9 heteroatoms. The predicted molar refractivity (Wildman–Crippen MR) is 64.1 cm³/mol. The molecule has 1 N–H and O–H groups in total. The van der Waals surface area contributed by atoms with Gasteiger partial charge in [-0.1, -0.05) is 11.6 Å². The zero-order valence-electron chi connectivity index (χ0n) is 10.7. The summed E-state index contributed by atoms with van der Waals surface area (Å²) in [7, 11) is 0. The molecule has 0 bridgehead atoms. The fourth-order valence-corrected chi connectivity index (χ4v) is 1.34. The highest BCUT2D eigenvalue weighted by atomic mass is 35.5. The van der Waals surface area contributed by atoms with E-state index in [1.807, 2.05) is 5.32 Å². The van der Waals surface area contributed by atoms with Crippen molar-refractivity contribution in [2.24, 2.45) is 0 Å². The molecular formula is C11H11ClF4N2O2. The summed E-state index contributed by atoms with van der Waals surface area (Å²) in [6.07, 6.45) is -5.92. The Bertz CT molecular complexity index is 526. The molecule has 20 heavy (non-hydrogen) atoms. The van der Waals surface area contributed by atoms with Crippen LogP contribution in [0.3, 0.4) is 0 Å². The third-order valence-corrected chi connectivity index (χ3v) is 2.09. The molecule has 0 unspecified atom stereocenters. The van der Waals surface area contributed by atoms with Crippen molar-refractivity contribution in [3.05, 3.63) is 22.7 Å². The topological polar surface area (TPSA) is 51.2 Å². The van der Waals surface area contributed by atoms with E-state index in [1.165, 1.54) is 0 Å². The number of hydrogen-bond acceptors (Lipinski definition) is 3. The van der Waals surface area contributed by atoms with E-state index in [2.05, 4.69) is 4.98 Å². The number of ether oxygens (including phenoxy) is 1. The monoisotopic (exact) mass is 314 g/mol. The predicted octanol–water partition coefficient (Wildman–Crippen LogP) is 4.24. The molecule has 0 atom stereocenters. The maximum atomic E-state index is 13.5. The van der Waals surface area contributed by atoms with Gasteiger partial charge in [0.25, 0.3) is 0 Å². The Balaban J connectivity index is 3.06. The molecule has 0 saturated carbocycles. The zero-order valence-corrected chi connectivity index (χ0v) is 11.5. The average molecular weight is 315 g/mol. The first kappa shape index (κ1) is 16.5. The minimum absolute atomic E-state index is 0.338. The fourth-order valence-electron chi connectivity index (χ4n) is 1.15. The van der Waals surface area contributed by atoms with Crippen LogP contribution in [-0.2, 0) is 10.9 Å². The van der Waals surface area contributed by atoms with Gasteiger partial charge in [0.2, 0.25) is 0 Å². The van der Waals surface area contributed by atoms with Gasteiger partial charge >= 0.3 is 12.3 Å². The SMILES string of the molecule is CC(C)(C)OC(=O)Nc1cc(C(F)(F)F)nc(Cl)c1F. The van der Waals surface area contributed by atoms with Gasteiger partial charge in [0.1, 0.15) is 11.3 Å². The largest absolute Gasteiger partial charge is 0.444 e. The molecule has 1 aromatic heterocycles. The van der Waals surface area contributed by atoms with E-state index in [0.29, 0.717) is 6.07 Å². The molecular weight excluding hydrogens is 304 g/mol. The van der Waals surface area contributed by atoms with Crippen LogP contribution < -0.4 is 5.32 Å². The van der Waals surface area contributed by atoms with E-state index in [-0.39, 0.29) is 0 Å². The number of halogens is 5. The second kappa shape index (κ2) is 5.43. The number of pyridine rings is 1. The molecule has 1 rings (SSSR count). The van der Waals surface area contributed by atoms with Crippen molar-refractivity contribution in [1.29, 1.82) is 0 Å². The van der Waals surface area contributed by atoms with Crippen LogP contribution in [0.4, 0.5) is 28.0 Å². The molecule has 1 heterocycles. The number of nitrogens with zero attached hydrogens (tertiary/aromatic N) is 1. The molecule has 112 valence electrons. The minimum Gasteiger partial charge on any atom is -0.444 e. The lowest BCUT2D eigenvalue weighted by Crippen LogP contribution is -2.27. The minimum atomic E-state index is -4.82. The standard InChI is InChI=1S/C11H11ClF4N2O2/c1-10(2,3)20-9(19)17-5-4-6(11(14,15)16)18-8(12)7(5)13/h4H,1-3H3,(H,17,18,19). The second-order valence-electron chi connectivity index (χ2n) is 4.78. The van der Waals surface area contributed by atoms with Crippen molar-refractivity contribution in [2.75, 3.05) is 5.32 Å². The summed E-state index contributed by atoms with van der Waals surface area (Å²) in [6.45, 7) is 4.64. The Morgan fingerprint density at radius 3 is 2.35 bits per heavy atom. The van der Waals surface area contributed by atoms with Gasteiger partial charge in [0.05, 0.1) is 5.69 Å². The van der Waals surface area contributed by atoms with Gasteiger partial charge < -0.3 is 4.74 Å². The molecule has 0 fully saturated rings. The quantitative estimate of drug-likeness (QED) is 0.623. The van der Waals surface area contributed by atoms with Crippen LogP contribution in [0.5, 0.6) is 0 Å². The molecule has 4 nitrogen and oxygen atoms in total. The molecule has 0 spiro atoms. The van der Waals surface area contributed by atoms with E-state index in [1.54, 1.807) is 20.8 Å². The number of alkyl halides is 3. The number of carbonyl (C=O) groups is 1. The van der Waals surface area contributed by atoms with Crippen molar-refractivity contribution in [1.82, 2.24) is 4.98 Å². The van der Waals surface area contributed by atoms with Crippen molar-refractivity contribution >= 4 is 23.4 Å². The smallest absolute Gasteiger partial charge is 0.433 e. The first-order chi connectivity index (χ1) is 8.90. The number of carbonyl (C=O) groups excluding carboxylic acids is 1. The second-order valence-corrected chi connectivity index (χ2v) is 5.14. The lowest BCUT2D eigenvalue weighted by molar-refractivity contribution is -0.141. The number of anilines is 1. The molecule has 0 aliphatic carbocycles. The van der Waals surface area contributed by atoms with E-state index in [4.69, 9.17) is 16.3 Å². The first-order valence-electron chi connectivity index (χ1n) is 5.33. The van der Waals surface area contributed by atoms with Crippen LogP contribution in [0.1, 0.15) is 26.5 Å². The molecule has 0 radical (unpaired) electrons. The number of rotatable bonds is 1. The highest BCUT2D eigenvalue weighted by Crippen LogP contribution is 2.32. The summed E-state index contributed by atoms with van der Waals surface area (Å²) in [5.74, 6) is -1.27. The Kier molecular flexibility index (Phi) is 4.48. The molecule has 0 aromatic carbocycles. The normalized spacial score (nSPS) is 12.2. The average Bonchev–Trinajstić information content (AvgIpc) is 2.20. The molecule has 0 aliphatic rings. The van der Waals surface area contributed by atoms with Crippen LogP contribution >= 0.6 is 11.6 Å². The van der Waals surface area contributed by atoms with Gasteiger partial charge in [0.15, 0.2) is 11.0 Å². The van der Waals surface area contributed by atoms with Crippen molar-refractivity contribution in [2.45, 2.75) is 32.5 Å². The fraction of sp³-hybridized carbons (Fsp3) is 0.455. The lowest BCUT2D eigenvalue weighted by Gasteiger charge is -2.20. The first-order valence-corrected chi connectivity index (χ1v) is 5.71. The Labute approximate surface area is 117 Å². The van der Waals surface area contributed by atoms with Crippen LogP contribution in [0.2, 0.25) is 5.15 Å². The summed E-state index contributed by atoms with van der Waals surface area (Å²) >= 11 is 5.26. The van der Waals surface area contributed by atoms with Crippen LogP contribution in [0.15, 0.2) is 6.07 Å². The van der Waals surface area contributed by atoms with Crippen LogP contribution in [0, 0.1) is 5.82 Å². The van der Waals surface area contributed by atoms with Gasteiger partial charge in [-0.2, -0.15) is 13.2 Å². The zero-order chi connectivity index (χ0) is 15.7. The molecule has 1 amide bonds. The van der Waals surface area contributed by atoms with E-state index in [9.17, 15) is 22.4 Å². The molecule has 0 aliphatic heterocycles. The van der Waals surface area contributed by atoms with Crippen molar-refractivity contribution in [3.8, 4) is 0 Å².